The van der Waals surface area contributed by atoms with Crippen LogP contribution in [-0.2, 0) is 20.9 Å². The zero-order chi connectivity index (χ0) is 28.6. The predicted octanol–water partition coefficient (Wildman–Crippen LogP) is 3.71. The van der Waals surface area contributed by atoms with Crippen molar-refractivity contribution in [1.82, 2.24) is 14.9 Å². The Morgan fingerprint density at radius 1 is 1.11 bits per heavy atom. The summed E-state index contributed by atoms with van der Waals surface area (Å²) in [6.07, 6.45) is -3.03. The zero-order valence-electron chi connectivity index (χ0n) is 19.4. The number of carbonyl (C=O) groups is 2. The number of alkyl halides is 6. The first-order valence-electron chi connectivity index (χ1n) is 10.8. The van der Waals surface area contributed by atoms with Crippen molar-refractivity contribution in [2.75, 3.05) is 25.0 Å². The normalized spacial score (nSPS) is 21.6. The summed E-state index contributed by atoms with van der Waals surface area (Å²) < 4.78 is 88.0. The summed E-state index contributed by atoms with van der Waals surface area (Å²) in [5, 5.41) is 17.5. The van der Waals surface area contributed by atoms with Crippen molar-refractivity contribution in [1.29, 1.82) is 0 Å². The molecule has 4 heterocycles. The van der Waals surface area contributed by atoms with Gasteiger partial charge in [-0.05, 0) is 31.5 Å². The molecule has 2 fully saturated rings. The third-order valence-corrected chi connectivity index (χ3v) is 5.23. The number of nitrogens with one attached hydrogen (secondary N) is 1. The van der Waals surface area contributed by atoms with Crippen LogP contribution in [0.15, 0.2) is 35.2 Å². The fraction of sp³-hybridized carbons (Fsp3) is 0.524. The Balaban J connectivity index is 0.000000301. The van der Waals surface area contributed by atoms with Crippen LogP contribution in [0.4, 0.5) is 36.7 Å². The maximum Gasteiger partial charge on any atom is 0.490 e. The van der Waals surface area contributed by atoms with Gasteiger partial charge in [0, 0.05) is 13.0 Å². The van der Waals surface area contributed by atoms with E-state index in [0.29, 0.717) is 12.6 Å². The Hall–Kier alpha value is -3.47. The van der Waals surface area contributed by atoms with Crippen molar-refractivity contribution in [2.24, 2.45) is 0 Å². The molecule has 3 N–H and O–H groups in total. The number of anilines is 1. The van der Waals surface area contributed by atoms with Gasteiger partial charge in [-0.15, -0.1) is 0 Å². The molecule has 2 unspecified atom stereocenters. The zero-order valence-corrected chi connectivity index (χ0v) is 19.4. The molecule has 2 atom stereocenters. The summed E-state index contributed by atoms with van der Waals surface area (Å²) in [4.78, 5) is 28.1. The van der Waals surface area contributed by atoms with E-state index in [1.165, 1.54) is 12.4 Å². The van der Waals surface area contributed by atoms with E-state index in [2.05, 4.69) is 20.2 Å². The van der Waals surface area contributed by atoms with Gasteiger partial charge in [-0.25, -0.2) is 23.9 Å². The molecular formula is C21H23F7N4O6. The highest BCUT2D eigenvalue weighted by Crippen LogP contribution is 2.36. The van der Waals surface area contributed by atoms with Crippen LogP contribution in [0.25, 0.3) is 0 Å². The van der Waals surface area contributed by atoms with Gasteiger partial charge in [-0.3, -0.25) is 4.90 Å². The molecule has 2 aliphatic rings. The standard InChI is InChI=1S/C17H21FN4O2.2C2HF3O2/c18-13-8-19-16(20-9-13)21-14-7-17(24-11-14)4-2-5-22(12-17)10-15-3-1-6-23-15;2*3-2(4,5)1(6)7/h1,3,6,8-9,14H,2,4-5,7,10-12H2,(H,19,20,21);2*(H,6,7). The van der Waals surface area contributed by atoms with Crippen molar-refractivity contribution in [3.05, 3.63) is 42.4 Å². The highest BCUT2D eigenvalue weighted by atomic mass is 19.4. The molecule has 2 aromatic heterocycles. The summed E-state index contributed by atoms with van der Waals surface area (Å²) in [6, 6.07) is 4.08. The fourth-order valence-electron chi connectivity index (χ4n) is 3.74. The third kappa shape index (κ3) is 10.1. The first-order valence-corrected chi connectivity index (χ1v) is 10.8. The number of hydrogen-bond donors (Lipinski definition) is 3. The molecule has 2 saturated heterocycles. The highest BCUT2D eigenvalue weighted by Gasteiger charge is 2.44. The number of aliphatic carboxylic acids is 2. The molecule has 2 aromatic rings. The highest BCUT2D eigenvalue weighted by molar-refractivity contribution is 5.73. The molecule has 0 radical (unpaired) electrons. The summed E-state index contributed by atoms with van der Waals surface area (Å²) in [6.45, 7) is 3.40. The second kappa shape index (κ2) is 12.9. The Morgan fingerprint density at radius 2 is 1.68 bits per heavy atom. The molecule has 0 bridgehead atoms. The maximum absolute atomic E-state index is 12.9. The molecule has 10 nitrogen and oxygen atoms in total. The van der Waals surface area contributed by atoms with Crippen molar-refractivity contribution >= 4 is 17.9 Å². The second-order valence-corrected chi connectivity index (χ2v) is 8.26. The van der Waals surface area contributed by atoms with E-state index >= 15 is 0 Å². The topological polar surface area (TPSA) is 138 Å². The van der Waals surface area contributed by atoms with Gasteiger partial charge in [0.15, 0.2) is 5.82 Å². The SMILES string of the molecule is Fc1cnc(NC2COC3(CCCN(Cc4ccco4)C3)C2)nc1.O=C(O)C(F)(F)F.O=C(O)C(F)(F)F. The molecule has 0 amide bonds. The summed E-state index contributed by atoms with van der Waals surface area (Å²) in [5.74, 6) is -4.51. The van der Waals surface area contributed by atoms with Gasteiger partial charge in [0.1, 0.15) is 5.76 Å². The van der Waals surface area contributed by atoms with E-state index in [-0.39, 0.29) is 11.6 Å². The van der Waals surface area contributed by atoms with Crippen LogP contribution in [0.1, 0.15) is 25.0 Å². The molecule has 2 aliphatic heterocycles. The molecule has 4 rings (SSSR count). The molecule has 0 aliphatic carbocycles. The number of piperidine rings is 1. The van der Waals surface area contributed by atoms with Gasteiger partial charge in [0.2, 0.25) is 5.95 Å². The maximum atomic E-state index is 12.9. The second-order valence-electron chi connectivity index (χ2n) is 8.26. The average molecular weight is 560 g/mol. The third-order valence-electron chi connectivity index (χ3n) is 5.23. The van der Waals surface area contributed by atoms with Crippen LogP contribution in [-0.4, -0.2) is 80.7 Å². The lowest BCUT2D eigenvalue weighted by atomic mass is 9.88. The van der Waals surface area contributed by atoms with Gasteiger partial charge < -0.3 is 24.7 Å². The monoisotopic (exact) mass is 560 g/mol. The number of ether oxygens (including phenoxy) is 1. The van der Waals surface area contributed by atoms with Gasteiger partial charge in [0.05, 0.1) is 43.5 Å². The van der Waals surface area contributed by atoms with Crippen molar-refractivity contribution in [3.63, 3.8) is 0 Å². The van der Waals surface area contributed by atoms with Crippen LogP contribution < -0.4 is 5.32 Å². The number of rotatable bonds is 4. The first kappa shape index (κ1) is 30.8. The first-order chi connectivity index (χ1) is 17.6. The molecule has 0 aromatic carbocycles. The molecule has 17 heteroatoms. The van der Waals surface area contributed by atoms with E-state index in [1.807, 2.05) is 12.1 Å². The predicted molar refractivity (Wildman–Crippen MR) is 113 cm³/mol. The molecule has 212 valence electrons. The van der Waals surface area contributed by atoms with Crippen LogP contribution in [0.2, 0.25) is 0 Å². The minimum Gasteiger partial charge on any atom is -0.475 e. The van der Waals surface area contributed by atoms with Crippen LogP contribution in [0.5, 0.6) is 0 Å². The number of furan rings is 1. The largest absolute Gasteiger partial charge is 0.490 e. The molecule has 38 heavy (non-hydrogen) atoms. The quantitative estimate of drug-likeness (QED) is 0.475. The molecule has 0 saturated carbocycles. The van der Waals surface area contributed by atoms with E-state index < -0.39 is 30.1 Å². The number of likely N-dealkylation sites (tertiary alicyclic amines) is 1. The van der Waals surface area contributed by atoms with Crippen molar-refractivity contribution < 1.29 is 59.7 Å². The number of carboxylic acids is 2. The summed E-state index contributed by atoms with van der Waals surface area (Å²) in [5.41, 5.74) is -0.122. The Morgan fingerprint density at radius 3 is 2.18 bits per heavy atom. The summed E-state index contributed by atoms with van der Waals surface area (Å²) >= 11 is 0. The fourth-order valence-corrected chi connectivity index (χ4v) is 3.74. The molecular weight excluding hydrogens is 537 g/mol. The number of halogens is 7. The number of hydrogen-bond acceptors (Lipinski definition) is 8. The Kier molecular flexibility index (Phi) is 10.4. The van der Waals surface area contributed by atoms with Crippen LogP contribution in [0, 0.1) is 5.82 Å². The average Bonchev–Trinajstić information content (AvgIpc) is 3.45. The lowest BCUT2D eigenvalue weighted by molar-refractivity contribution is -0.193. The minimum absolute atomic E-state index is 0.122. The van der Waals surface area contributed by atoms with Gasteiger partial charge in [0.25, 0.3) is 0 Å². The van der Waals surface area contributed by atoms with E-state index in [9.17, 15) is 30.7 Å². The smallest absolute Gasteiger partial charge is 0.475 e. The number of aromatic nitrogens is 2. The molecule has 1 spiro atoms. The number of carboxylic acid groups (broad SMARTS) is 2. The van der Waals surface area contributed by atoms with E-state index in [0.717, 1.165) is 44.7 Å². The lowest BCUT2D eigenvalue weighted by Crippen LogP contribution is -2.47. The Labute approximate surface area is 210 Å². The van der Waals surface area contributed by atoms with Crippen molar-refractivity contribution in [2.45, 2.75) is 49.8 Å². The minimum atomic E-state index is -5.08. The number of nitrogens with zero attached hydrogens (tertiary/aromatic N) is 3. The van der Waals surface area contributed by atoms with Crippen molar-refractivity contribution in [3.8, 4) is 0 Å². The van der Waals surface area contributed by atoms with Gasteiger partial charge >= 0.3 is 24.3 Å². The van der Waals surface area contributed by atoms with Crippen LogP contribution in [0.3, 0.4) is 0 Å². The summed E-state index contributed by atoms with van der Waals surface area (Å²) in [7, 11) is 0. The van der Waals surface area contributed by atoms with E-state index in [1.54, 1.807) is 6.26 Å². The van der Waals surface area contributed by atoms with Gasteiger partial charge in [-0.2, -0.15) is 26.3 Å². The van der Waals surface area contributed by atoms with Crippen LogP contribution >= 0.6 is 0 Å². The lowest BCUT2D eigenvalue weighted by Gasteiger charge is -2.39. The Bertz CT molecular complexity index is 1010. The van der Waals surface area contributed by atoms with E-state index in [4.69, 9.17) is 29.0 Å². The van der Waals surface area contributed by atoms with Gasteiger partial charge in [-0.1, -0.05) is 0 Å².